The molecule has 106 valence electrons. The predicted octanol–water partition coefficient (Wildman–Crippen LogP) is 1.24. The topological polar surface area (TPSA) is 47.7 Å². The van der Waals surface area contributed by atoms with E-state index < -0.39 is 0 Å². The van der Waals surface area contributed by atoms with Crippen molar-refractivity contribution in [1.29, 1.82) is 0 Å². The number of ether oxygens (including phenoxy) is 2. The van der Waals surface area contributed by atoms with E-state index in [1.165, 1.54) is 6.42 Å². The molecule has 0 spiro atoms. The summed E-state index contributed by atoms with van der Waals surface area (Å²) < 4.78 is 11.4. The van der Waals surface area contributed by atoms with E-state index in [0.717, 1.165) is 52.3 Å². The van der Waals surface area contributed by atoms with Gasteiger partial charge in [0.1, 0.15) is 0 Å². The highest BCUT2D eigenvalue weighted by molar-refractivity contribution is 4.89. The number of hydrogen-bond acceptors (Lipinski definition) is 4. The average molecular weight is 256 g/mol. The molecular formula is C14H28N2O2. The molecule has 2 aliphatic rings. The normalized spacial score (nSPS) is 38.8. The van der Waals surface area contributed by atoms with Gasteiger partial charge in [0, 0.05) is 37.7 Å². The van der Waals surface area contributed by atoms with Crippen LogP contribution in [-0.2, 0) is 9.47 Å². The smallest absolute Gasteiger partial charge is 0.0674 e. The minimum atomic E-state index is 0.169. The average Bonchev–Trinajstić information content (AvgIpc) is 2.40. The lowest BCUT2D eigenvalue weighted by atomic mass is 9.81. The maximum atomic E-state index is 6.04. The molecule has 0 aromatic carbocycles. The number of morpholine rings is 1. The Hall–Kier alpha value is -0.160. The van der Waals surface area contributed by atoms with Gasteiger partial charge < -0.3 is 15.2 Å². The standard InChI is InChI=1S/C14H28N2O2/c1-3-13-8-18-12(2)7-16(13)10-14(9-15)5-4-6-17-11-14/h12-13H,3-11,15H2,1-2H3. The number of rotatable bonds is 4. The van der Waals surface area contributed by atoms with Crippen molar-refractivity contribution >= 4 is 0 Å². The minimum Gasteiger partial charge on any atom is -0.381 e. The Morgan fingerprint density at radius 1 is 1.44 bits per heavy atom. The molecule has 0 bridgehead atoms. The minimum absolute atomic E-state index is 0.169. The zero-order valence-corrected chi connectivity index (χ0v) is 11.9. The first-order valence-corrected chi connectivity index (χ1v) is 7.32. The van der Waals surface area contributed by atoms with E-state index in [0.29, 0.717) is 12.1 Å². The van der Waals surface area contributed by atoms with Crippen LogP contribution in [0.3, 0.4) is 0 Å². The summed E-state index contributed by atoms with van der Waals surface area (Å²) in [6.07, 6.45) is 3.83. The molecule has 0 aromatic rings. The van der Waals surface area contributed by atoms with Gasteiger partial charge in [-0.05, 0) is 26.2 Å². The quantitative estimate of drug-likeness (QED) is 0.822. The maximum Gasteiger partial charge on any atom is 0.0674 e. The van der Waals surface area contributed by atoms with Crippen LogP contribution in [-0.4, -0.2) is 56.5 Å². The maximum absolute atomic E-state index is 6.04. The van der Waals surface area contributed by atoms with Crippen molar-refractivity contribution in [3.63, 3.8) is 0 Å². The van der Waals surface area contributed by atoms with Crippen molar-refractivity contribution in [3.05, 3.63) is 0 Å². The first kappa shape index (κ1) is 14.3. The third-order valence-electron chi connectivity index (χ3n) is 4.43. The molecule has 4 nitrogen and oxygen atoms in total. The van der Waals surface area contributed by atoms with E-state index in [-0.39, 0.29) is 5.41 Å². The fraction of sp³-hybridized carbons (Fsp3) is 1.00. The molecule has 0 aliphatic carbocycles. The Morgan fingerprint density at radius 3 is 2.89 bits per heavy atom. The van der Waals surface area contributed by atoms with Crippen LogP contribution in [0.15, 0.2) is 0 Å². The Morgan fingerprint density at radius 2 is 2.28 bits per heavy atom. The third kappa shape index (κ3) is 3.23. The summed E-state index contributed by atoms with van der Waals surface area (Å²) in [4.78, 5) is 2.58. The lowest BCUT2D eigenvalue weighted by Crippen LogP contribution is -2.55. The Kier molecular flexibility index (Phi) is 5.01. The molecule has 2 aliphatic heterocycles. The highest BCUT2D eigenvalue weighted by Gasteiger charge is 2.37. The molecule has 2 saturated heterocycles. The van der Waals surface area contributed by atoms with Crippen LogP contribution >= 0.6 is 0 Å². The molecule has 0 aromatic heterocycles. The summed E-state index contributed by atoms with van der Waals surface area (Å²) in [5, 5.41) is 0. The van der Waals surface area contributed by atoms with Crippen molar-refractivity contribution < 1.29 is 9.47 Å². The van der Waals surface area contributed by atoms with Crippen LogP contribution in [0.4, 0.5) is 0 Å². The van der Waals surface area contributed by atoms with Gasteiger partial charge in [-0.2, -0.15) is 0 Å². The van der Waals surface area contributed by atoms with Crippen LogP contribution in [0.1, 0.15) is 33.1 Å². The zero-order chi connectivity index (χ0) is 13.0. The van der Waals surface area contributed by atoms with Crippen LogP contribution in [0, 0.1) is 5.41 Å². The van der Waals surface area contributed by atoms with Crippen LogP contribution in [0.25, 0.3) is 0 Å². The molecule has 18 heavy (non-hydrogen) atoms. The molecule has 3 unspecified atom stereocenters. The van der Waals surface area contributed by atoms with Crippen molar-refractivity contribution in [2.45, 2.75) is 45.3 Å². The van der Waals surface area contributed by atoms with Crippen LogP contribution < -0.4 is 5.73 Å². The summed E-state index contributed by atoms with van der Waals surface area (Å²) in [5.41, 5.74) is 6.21. The third-order valence-corrected chi connectivity index (χ3v) is 4.43. The van der Waals surface area contributed by atoms with Crippen molar-refractivity contribution in [3.8, 4) is 0 Å². The van der Waals surface area contributed by atoms with Gasteiger partial charge in [0.15, 0.2) is 0 Å². The van der Waals surface area contributed by atoms with Gasteiger partial charge in [0.25, 0.3) is 0 Å². The SMILES string of the molecule is CCC1COC(C)CN1CC1(CN)CCCOC1. The summed E-state index contributed by atoms with van der Waals surface area (Å²) in [5.74, 6) is 0. The summed E-state index contributed by atoms with van der Waals surface area (Å²) in [7, 11) is 0. The van der Waals surface area contributed by atoms with E-state index in [1.54, 1.807) is 0 Å². The fourth-order valence-electron chi connectivity index (χ4n) is 3.17. The van der Waals surface area contributed by atoms with Gasteiger partial charge in [-0.1, -0.05) is 6.92 Å². The molecule has 4 heteroatoms. The molecule has 0 radical (unpaired) electrons. The second-order valence-corrected chi connectivity index (χ2v) is 6.00. The van der Waals surface area contributed by atoms with Gasteiger partial charge in [0.2, 0.25) is 0 Å². The number of nitrogens with two attached hydrogens (primary N) is 1. The van der Waals surface area contributed by atoms with Gasteiger partial charge in [0.05, 0.1) is 19.3 Å². The van der Waals surface area contributed by atoms with E-state index in [2.05, 4.69) is 18.7 Å². The first-order valence-electron chi connectivity index (χ1n) is 7.32. The lowest BCUT2D eigenvalue weighted by Gasteiger charge is -2.45. The molecule has 0 amide bonds. The van der Waals surface area contributed by atoms with Crippen molar-refractivity contribution in [2.24, 2.45) is 11.1 Å². The predicted molar refractivity (Wildman–Crippen MR) is 72.6 cm³/mol. The largest absolute Gasteiger partial charge is 0.381 e. The van der Waals surface area contributed by atoms with Gasteiger partial charge in [-0.25, -0.2) is 0 Å². The van der Waals surface area contributed by atoms with Gasteiger partial charge >= 0.3 is 0 Å². The fourth-order valence-corrected chi connectivity index (χ4v) is 3.17. The van der Waals surface area contributed by atoms with Crippen LogP contribution in [0.2, 0.25) is 0 Å². The van der Waals surface area contributed by atoms with Crippen molar-refractivity contribution in [2.75, 3.05) is 39.5 Å². The molecule has 2 N–H and O–H groups in total. The summed E-state index contributed by atoms with van der Waals surface area (Å²) >= 11 is 0. The monoisotopic (exact) mass is 256 g/mol. The molecule has 0 saturated carbocycles. The summed E-state index contributed by atoms with van der Waals surface area (Å²) in [6, 6.07) is 0.548. The highest BCUT2D eigenvalue weighted by atomic mass is 16.5. The molecule has 2 fully saturated rings. The first-order chi connectivity index (χ1) is 8.69. The second kappa shape index (κ2) is 6.33. The summed E-state index contributed by atoms with van der Waals surface area (Å²) in [6.45, 7) is 9.81. The molecule has 2 rings (SSSR count). The number of hydrogen-bond donors (Lipinski definition) is 1. The van der Waals surface area contributed by atoms with E-state index >= 15 is 0 Å². The second-order valence-electron chi connectivity index (χ2n) is 6.00. The lowest BCUT2D eigenvalue weighted by molar-refractivity contribution is -0.0885. The van der Waals surface area contributed by atoms with Gasteiger partial charge in [-0.15, -0.1) is 0 Å². The Labute approximate surface area is 111 Å². The van der Waals surface area contributed by atoms with Crippen molar-refractivity contribution in [1.82, 2.24) is 4.90 Å². The van der Waals surface area contributed by atoms with Crippen LogP contribution in [0.5, 0.6) is 0 Å². The molecule has 2 heterocycles. The van der Waals surface area contributed by atoms with E-state index in [4.69, 9.17) is 15.2 Å². The van der Waals surface area contributed by atoms with E-state index in [1.807, 2.05) is 0 Å². The van der Waals surface area contributed by atoms with E-state index in [9.17, 15) is 0 Å². The molecule has 3 atom stereocenters. The highest BCUT2D eigenvalue weighted by Crippen LogP contribution is 2.30. The molecular weight excluding hydrogens is 228 g/mol. The van der Waals surface area contributed by atoms with Gasteiger partial charge in [-0.3, -0.25) is 4.90 Å². The zero-order valence-electron chi connectivity index (χ0n) is 11.9. The number of nitrogens with zero attached hydrogens (tertiary/aromatic N) is 1. The Balaban J connectivity index is 1.99. The Bertz CT molecular complexity index is 254.